The molecule has 3 aromatic heterocycles. The van der Waals surface area contributed by atoms with Gasteiger partial charge in [0.05, 0.1) is 23.1 Å². The summed E-state index contributed by atoms with van der Waals surface area (Å²) < 4.78 is 41.5. The van der Waals surface area contributed by atoms with Crippen LogP contribution in [-0.4, -0.2) is 29.7 Å². The lowest BCUT2D eigenvalue weighted by Crippen LogP contribution is -2.28. The Balaban J connectivity index is 1.89. The number of nitrogen functional groups attached to an aromatic ring is 1. The van der Waals surface area contributed by atoms with Gasteiger partial charge < -0.3 is 11.1 Å². The van der Waals surface area contributed by atoms with Crippen molar-refractivity contribution in [1.82, 2.24) is 29.7 Å². The molecule has 1 atom stereocenters. The van der Waals surface area contributed by atoms with Crippen molar-refractivity contribution in [3.05, 3.63) is 63.7 Å². The summed E-state index contributed by atoms with van der Waals surface area (Å²) in [5.74, 6) is -0.943. The van der Waals surface area contributed by atoms with Crippen molar-refractivity contribution in [3.63, 3.8) is 0 Å². The summed E-state index contributed by atoms with van der Waals surface area (Å²) in [5.41, 5.74) is 3.86. The van der Waals surface area contributed by atoms with Gasteiger partial charge in [-0.3, -0.25) is 9.89 Å². The van der Waals surface area contributed by atoms with Crippen molar-refractivity contribution in [2.45, 2.75) is 19.4 Å². The van der Waals surface area contributed by atoms with Crippen molar-refractivity contribution in [2.24, 2.45) is 0 Å². The first kappa shape index (κ1) is 20.8. The smallest absolute Gasteiger partial charge is 0.281 e. The largest absolute Gasteiger partial charge is 0.368 e. The molecule has 0 aliphatic carbocycles. The predicted octanol–water partition coefficient (Wildman–Crippen LogP) is 2.60. The van der Waals surface area contributed by atoms with Crippen molar-refractivity contribution >= 4 is 22.7 Å². The molecule has 10 nitrogen and oxygen atoms in total. The van der Waals surface area contributed by atoms with Gasteiger partial charge in [-0.1, -0.05) is 0 Å². The topological polar surface area (TPSA) is 151 Å². The number of halogens is 3. The number of aromatic nitrogens is 6. The Morgan fingerprint density at radius 3 is 2.69 bits per heavy atom. The second-order valence-corrected chi connectivity index (χ2v) is 6.68. The number of alkyl halides is 2. The second-order valence-electron chi connectivity index (χ2n) is 6.68. The number of hydrogen-bond donors (Lipinski definition) is 3. The average molecular weight is 441 g/mol. The number of H-pyrrole nitrogens is 1. The maximum absolute atomic E-state index is 13.7. The number of benzene rings is 1. The third-order valence-corrected chi connectivity index (χ3v) is 4.60. The normalized spacial score (nSPS) is 12.1. The van der Waals surface area contributed by atoms with E-state index in [4.69, 9.17) is 5.73 Å². The van der Waals surface area contributed by atoms with E-state index in [1.165, 1.54) is 18.3 Å². The Bertz CT molecular complexity index is 1410. The minimum Gasteiger partial charge on any atom is -0.368 e. The summed E-state index contributed by atoms with van der Waals surface area (Å²) >= 11 is 0. The highest BCUT2D eigenvalue weighted by atomic mass is 19.3. The van der Waals surface area contributed by atoms with Crippen LogP contribution >= 0.6 is 0 Å². The van der Waals surface area contributed by atoms with Crippen LogP contribution in [0.15, 0.2) is 35.3 Å². The van der Waals surface area contributed by atoms with Gasteiger partial charge >= 0.3 is 0 Å². The molecule has 4 N–H and O–H groups in total. The van der Waals surface area contributed by atoms with E-state index in [0.717, 1.165) is 16.7 Å². The number of fused-ring (bicyclic) bond motifs is 1. The van der Waals surface area contributed by atoms with Crippen LogP contribution in [0.5, 0.6) is 0 Å². The number of anilines is 2. The number of aromatic amines is 1. The lowest BCUT2D eigenvalue weighted by atomic mass is 10.2. The van der Waals surface area contributed by atoms with Gasteiger partial charge in [0, 0.05) is 6.07 Å². The fourth-order valence-electron chi connectivity index (χ4n) is 3.21. The molecule has 0 aliphatic heterocycles. The van der Waals surface area contributed by atoms with Crippen LogP contribution in [0.1, 0.15) is 36.5 Å². The molecule has 13 heteroatoms. The summed E-state index contributed by atoms with van der Waals surface area (Å²) in [6, 6.07) is 5.88. The highest BCUT2D eigenvalue weighted by Crippen LogP contribution is 2.28. The molecule has 3 heterocycles. The van der Waals surface area contributed by atoms with Crippen LogP contribution in [0.25, 0.3) is 16.7 Å². The zero-order chi connectivity index (χ0) is 23.0. The first-order valence-corrected chi connectivity index (χ1v) is 9.14. The minimum atomic E-state index is -3.05. The van der Waals surface area contributed by atoms with Crippen LogP contribution in [-0.2, 0) is 0 Å². The third kappa shape index (κ3) is 3.58. The summed E-state index contributed by atoms with van der Waals surface area (Å²) in [5, 5.41) is 18.7. The van der Waals surface area contributed by atoms with Crippen LogP contribution in [0.2, 0.25) is 0 Å². The summed E-state index contributed by atoms with van der Waals surface area (Å²) in [6.07, 6.45) is -1.64. The third-order valence-electron chi connectivity index (χ3n) is 4.60. The zero-order valence-corrected chi connectivity index (χ0v) is 16.3. The molecule has 4 rings (SSSR count). The Kier molecular flexibility index (Phi) is 5.19. The molecule has 0 aliphatic rings. The molecule has 0 amide bonds. The molecule has 0 saturated carbocycles. The zero-order valence-electron chi connectivity index (χ0n) is 16.3. The van der Waals surface area contributed by atoms with E-state index in [-0.39, 0.29) is 28.4 Å². The van der Waals surface area contributed by atoms with Gasteiger partial charge in [-0.15, -0.1) is 0 Å². The van der Waals surface area contributed by atoms with Gasteiger partial charge in [0.15, 0.2) is 5.82 Å². The predicted molar refractivity (Wildman–Crippen MR) is 108 cm³/mol. The first-order chi connectivity index (χ1) is 15.3. The van der Waals surface area contributed by atoms with Crippen molar-refractivity contribution in [3.8, 4) is 11.9 Å². The fraction of sp³-hybridized carbons (Fsp3) is 0.158. The second kappa shape index (κ2) is 7.99. The summed E-state index contributed by atoms with van der Waals surface area (Å²) in [6.45, 7) is 1.57. The number of hydrogen-bond acceptors (Lipinski definition) is 8. The van der Waals surface area contributed by atoms with E-state index in [2.05, 4.69) is 30.5 Å². The van der Waals surface area contributed by atoms with E-state index in [0.29, 0.717) is 0 Å². The number of nitrogens with zero attached hydrogens (tertiary/aromatic N) is 6. The van der Waals surface area contributed by atoms with Crippen LogP contribution in [0.4, 0.5) is 24.9 Å². The lowest BCUT2D eigenvalue weighted by Gasteiger charge is -2.20. The fourth-order valence-corrected chi connectivity index (χ4v) is 3.21. The molecule has 1 aromatic carbocycles. The molecule has 0 fully saturated rings. The number of nitrogens with two attached hydrogens (primary N) is 1. The van der Waals surface area contributed by atoms with Crippen molar-refractivity contribution in [1.29, 1.82) is 5.26 Å². The Morgan fingerprint density at radius 1 is 1.25 bits per heavy atom. The van der Waals surface area contributed by atoms with Gasteiger partial charge in [-0.25, -0.2) is 27.7 Å². The molecule has 0 unspecified atom stereocenters. The van der Waals surface area contributed by atoms with Crippen molar-refractivity contribution < 1.29 is 13.2 Å². The molecule has 0 saturated heterocycles. The maximum Gasteiger partial charge on any atom is 0.281 e. The van der Waals surface area contributed by atoms with Gasteiger partial charge in [-0.05, 0) is 25.1 Å². The Hall–Kier alpha value is -4.47. The van der Waals surface area contributed by atoms with Gasteiger partial charge in [-0.2, -0.15) is 15.3 Å². The van der Waals surface area contributed by atoms with Crippen LogP contribution in [0, 0.1) is 17.1 Å². The molecule has 162 valence electrons. The van der Waals surface area contributed by atoms with Gasteiger partial charge in [0.2, 0.25) is 5.95 Å². The van der Waals surface area contributed by atoms with E-state index in [1.807, 2.05) is 0 Å². The molecule has 32 heavy (non-hydrogen) atoms. The maximum atomic E-state index is 13.7. The molecule has 0 bridgehead atoms. The minimum absolute atomic E-state index is 0.0273. The molecular weight excluding hydrogens is 427 g/mol. The van der Waals surface area contributed by atoms with Gasteiger partial charge in [0.1, 0.15) is 34.8 Å². The summed E-state index contributed by atoms with van der Waals surface area (Å²) in [4.78, 5) is 24.9. The van der Waals surface area contributed by atoms with Crippen LogP contribution in [0.3, 0.4) is 0 Å². The van der Waals surface area contributed by atoms with Crippen molar-refractivity contribution in [2.75, 3.05) is 11.1 Å². The number of nitriles is 1. The van der Waals surface area contributed by atoms with E-state index in [1.54, 1.807) is 13.0 Å². The molecule has 4 aromatic rings. The SMILES string of the molecule is C[C@H](Nc1nc(N)nc(C(F)F)c1C#N)c1nc2ccc(F)cc2c(=O)n1-c1ccn[nH]1. The molecule has 0 spiro atoms. The molecule has 0 radical (unpaired) electrons. The summed E-state index contributed by atoms with van der Waals surface area (Å²) in [7, 11) is 0. The Morgan fingerprint density at radius 2 is 2.03 bits per heavy atom. The average Bonchev–Trinajstić information content (AvgIpc) is 3.28. The van der Waals surface area contributed by atoms with E-state index >= 15 is 0 Å². The Labute approximate surface area is 177 Å². The highest BCUT2D eigenvalue weighted by Gasteiger charge is 2.24. The molecular formula is C19H14F3N9O. The van der Waals surface area contributed by atoms with E-state index in [9.17, 15) is 23.2 Å². The monoisotopic (exact) mass is 441 g/mol. The quantitative estimate of drug-likeness (QED) is 0.427. The highest BCUT2D eigenvalue weighted by molar-refractivity contribution is 5.78. The van der Waals surface area contributed by atoms with Gasteiger partial charge in [0.25, 0.3) is 12.0 Å². The standard InChI is InChI=1S/C19H14F3N9O/c1-8(26-16-11(7-23)14(15(21)22)28-19(24)29-16)17-27-12-3-2-9(20)6-10(12)18(32)31(17)13-4-5-25-30-13/h2-6,8,15H,1H3,(H,25,30)(H3,24,26,28,29)/t8-/m0/s1. The van der Waals surface area contributed by atoms with E-state index < -0.39 is 41.0 Å². The number of nitrogens with one attached hydrogen (secondary N) is 2. The first-order valence-electron chi connectivity index (χ1n) is 9.14. The lowest BCUT2D eigenvalue weighted by molar-refractivity contribution is 0.146. The number of rotatable bonds is 5. The van der Waals surface area contributed by atoms with Crippen LogP contribution < -0.4 is 16.6 Å².